The molecule has 2 aromatic carbocycles. The third-order valence-electron chi connectivity index (χ3n) is 4.23. The molecule has 0 radical (unpaired) electrons. The van der Waals surface area contributed by atoms with Crippen LogP contribution in [0.15, 0.2) is 36.4 Å². The zero-order valence-corrected chi connectivity index (χ0v) is 18.8. The van der Waals surface area contributed by atoms with E-state index in [-0.39, 0.29) is 10.8 Å². The molecule has 0 aliphatic rings. The summed E-state index contributed by atoms with van der Waals surface area (Å²) in [5, 5.41) is 0. The van der Waals surface area contributed by atoms with Gasteiger partial charge in [-0.05, 0) is 48.1 Å². The Morgan fingerprint density at radius 1 is 0.692 bits per heavy atom. The summed E-state index contributed by atoms with van der Waals surface area (Å²) in [6.07, 6.45) is 0. The van der Waals surface area contributed by atoms with Crippen molar-refractivity contribution in [1.29, 1.82) is 0 Å². The molecule has 0 N–H and O–H groups in total. The Morgan fingerprint density at radius 2 is 1.04 bits per heavy atom. The van der Waals surface area contributed by atoms with Crippen molar-refractivity contribution in [2.24, 2.45) is 0 Å². The summed E-state index contributed by atoms with van der Waals surface area (Å²) >= 11 is 6.49. The molecule has 0 saturated heterocycles. The van der Waals surface area contributed by atoms with E-state index < -0.39 is 7.73 Å². The average molecular weight is 393 g/mol. The predicted molar refractivity (Wildman–Crippen MR) is 114 cm³/mol. The van der Waals surface area contributed by atoms with Gasteiger partial charge in [-0.1, -0.05) is 76.9 Å². The molecule has 2 aromatic rings. The molecule has 4 heteroatoms. The van der Waals surface area contributed by atoms with E-state index in [0.29, 0.717) is 0 Å². The van der Waals surface area contributed by atoms with Gasteiger partial charge < -0.3 is 9.05 Å². The van der Waals surface area contributed by atoms with Crippen LogP contribution in [0.3, 0.4) is 0 Å². The molecule has 0 amide bonds. The van der Waals surface area contributed by atoms with E-state index in [1.165, 1.54) is 11.1 Å². The Balaban J connectivity index is 2.27. The summed E-state index contributed by atoms with van der Waals surface area (Å²) in [6.45, 7) is 17.2. The van der Waals surface area contributed by atoms with Crippen LogP contribution in [0.5, 0.6) is 11.5 Å². The van der Waals surface area contributed by atoms with E-state index in [4.69, 9.17) is 20.3 Å². The van der Waals surface area contributed by atoms with Crippen LogP contribution >= 0.6 is 19.0 Å². The highest BCUT2D eigenvalue weighted by Crippen LogP contribution is 2.49. The van der Waals surface area contributed by atoms with Crippen molar-refractivity contribution in [2.75, 3.05) is 0 Å². The zero-order valence-electron chi connectivity index (χ0n) is 17.1. The molecular weight excluding hydrogens is 363 g/mol. The van der Waals surface area contributed by atoms with Crippen LogP contribution in [0, 0.1) is 13.8 Å². The second-order valence-corrected chi connectivity index (χ2v) is 10.5. The molecule has 0 spiro atoms. The Morgan fingerprint density at radius 3 is 1.35 bits per heavy atom. The van der Waals surface area contributed by atoms with Crippen LogP contribution in [-0.4, -0.2) is 0 Å². The maximum absolute atomic E-state index is 6.49. The van der Waals surface area contributed by atoms with Gasteiger partial charge in [0.1, 0.15) is 11.5 Å². The van der Waals surface area contributed by atoms with E-state index in [2.05, 4.69) is 67.5 Å². The first kappa shape index (κ1) is 21.1. The van der Waals surface area contributed by atoms with Gasteiger partial charge in [0.2, 0.25) is 0 Å². The molecule has 0 atom stereocenters. The lowest BCUT2D eigenvalue weighted by molar-refractivity contribution is 0.473. The molecule has 0 fully saturated rings. The lowest BCUT2D eigenvalue weighted by Gasteiger charge is -2.26. The Hall–Kier alpha value is -1.24. The Kier molecular flexibility index (Phi) is 6.31. The Bertz CT molecular complexity index is 707. The first-order chi connectivity index (χ1) is 11.9. The lowest BCUT2D eigenvalue weighted by atomic mass is 9.85. The molecule has 2 nitrogen and oxygen atoms in total. The minimum absolute atomic E-state index is 0.0329. The van der Waals surface area contributed by atoms with Crippen LogP contribution in [0.1, 0.15) is 63.8 Å². The molecule has 0 unspecified atom stereocenters. The van der Waals surface area contributed by atoms with Crippen LogP contribution in [0.25, 0.3) is 0 Å². The lowest BCUT2D eigenvalue weighted by Crippen LogP contribution is -2.14. The molecule has 2 rings (SSSR count). The van der Waals surface area contributed by atoms with E-state index in [0.717, 1.165) is 22.6 Å². The van der Waals surface area contributed by atoms with E-state index >= 15 is 0 Å². The maximum Gasteiger partial charge on any atom is 0.401 e. The first-order valence-electron chi connectivity index (χ1n) is 8.92. The molecule has 0 bridgehead atoms. The van der Waals surface area contributed by atoms with Gasteiger partial charge in [-0.15, -0.1) is 0 Å². The fourth-order valence-electron chi connectivity index (χ4n) is 2.79. The molecule has 0 aliphatic carbocycles. The third kappa shape index (κ3) is 5.38. The quantitative estimate of drug-likeness (QED) is 0.493. The minimum Gasteiger partial charge on any atom is -0.427 e. The zero-order chi connectivity index (χ0) is 19.7. The number of hydrogen-bond acceptors (Lipinski definition) is 2. The van der Waals surface area contributed by atoms with Gasteiger partial charge in [0.05, 0.1) is 0 Å². The summed E-state index contributed by atoms with van der Waals surface area (Å²) in [7, 11) is -1.61. The monoisotopic (exact) mass is 392 g/mol. The first-order valence-corrected chi connectivity index (χ1v) is 11.0. The van der Waals surface area contributed by atoms with Gasteiger partial charge in [-0.25, -0.2) is 0 Å². The molecule has 142 valence electrons. The highest BCUT2D eigenvalue weighted by molar-refractivity contribution is 7.76. The maximum atomic E-state index is 6.49. The highest BCUT2D eigenvalue weighted by atomic mass is 35.7. The average Bonchev–Trinajstić information content (AvgIpc) is 2.49. The van der Waals surface area contributed by atoms with E-state index in [1.54, 1.807) is 0 Å². The number of benzene rings is 2. The smallest absolute Gasteiger partial charge is 0.401 e. The van der Waals surface area contributed by atoms with Crippen molar-refractivity contribution in [3.05, 3.63) is 58.7 Å². The molecule has 0 aromatic heterocycles. The fourth-order valence-corrected chi connectivity index (χ4v) is 3.90. The number of aryl methyl sites for hydroxylation is 2. The van der Waals surface area contributed by atoms with Crippen molar-refractivity contribution in [3.63, 3.8) is 0 Å². The van der Waals surface area contributed by atoms with Gasteiger partial charge in [0.25, 0.3) is 0 Å². The second kappa shape index (κ2) is 7.79. The summed E-state index contributed by atoms with van der Waals surface area (Å²) in [5.41, 5.74) is 4.61. The van der Waals surface area contributed by atoms with Crippen LogP contribution in [-0.2, 0) is 10.8 Å². The van der Waals surface area contributed by atoms with E-state index in [1.807, 2.05) is 24.3 Å². The number of halogens is 1. The van der Waals surface area contributed by atoms with Gasteiger partial charge >= 0.3 is 7.73 Å². The molecular formula is C22H30ClO2P. The van der Waals surface area contributed by atoms with Crippen molar-refractivity contribution in [2.45, 2.75) is 66.2 Å². The molecule has 0 saturated carbocycles. The minimum atomic E-state index is -1.61. The number of rotatable bonds is 4. The summed E-state index contributed by atoms with van der Waals surface area (Å²) in [5.74, 6) is 1.57. The van der Waals surface area contributed by atoms with Gasteiger partial charge in [0, 0.05) is 11.1 Å². The second-order valence-electron chi connectivity index (χ2n) is 8.89. The van der Waals surface area contributed by atoms with Crippen molar-refractivity contribution >= 4 is 19.0 Å². The topological polar surface area (TPSA) is 18.5 Å². The van der Waals surface area contributed by atoms with Gasteiger partial charge in [-0.3, -0.25) is 0 Å². The largest absolute Gasteiger partial charge is 0.427 e. The summed E-state index contributed by atoms with van der Waals surface area (Å²) < 4.78 is 12.1. The SMILES string of the molecule is Cc1ccc(OP(Cl)Oc2ccc(C)cc2C(C)(C)C)c(C(C)(C)C)c1. The predicted octanol–water partition coefficient (Wildman–Crippen LogP) is 7.82. The van der Waals surface area contributed by atoms with Crippen LogP contribution in [0.2, 0.25) is 0 Å². The van der Waals surface area contributed by atoms with Crippen LogP contribution in [0.4, 0.5) is 0 Å². The summed E-state index contributed by atoms with van der Waals surface area (Å²) in [4.78, 5) is 0. The van der Waals surface area contributed by atoms with Gasteiger partial charge in [-0.2, -0.15) is 0 Å². The van der Waals surface area contributed by atoms with Crippen molar-refractivity contribution in [3.8, 4) is 11.5 Å². The highest BCUT2D eigenvalue weighted by Gasteiger charge is 2.25. The fraction of sp³-hybridized carbons (Fsp3) is 0.455. The number of hydrogen-bond donors (Lipinski definition) is 0. The Labute approximate surface area is 164 Å². The normalized spacial score (nSPS) is 12.4. The third-order valence-corrected chi connectivity index (χ3v) is 5.32. The standard InChI is InChI=1S/C22H30ClO2P/c1-15-9-11-19(17(13-15)21(3,4)5)24-26(23)25-20-12-10-16(2)14-18(20)22(6,7)8/h9-14H,1-8H3. The van der Waals surface area contributed by atoms with Crippen LogP contribution < -0.4 is 9.05 Å². The molecule has 26 heavy (non-hydrogen) atoms. The van der Waals surface area contributed by atoms with Gasteiger partial charge in [0.15, 0.2) is 0 Å². The van der Waals surface area contributed by atoms with Crippen molar-refractivity contribution in [1.82, 2.24) is 0 Å². The molecule has 0 aliphatic heterocycles. The molecule has 0 heterocycles. The summed E-state index contributed by atoms with van der Waals surface area (Å²) in [6, 6.07) is 12.4. The van der Waals surface area contributed by atoms with Crippen molar-refractivity contribution < 1.29 is 9.05 Å². The van der Waals surface area contributed by atoms with E-state index in [9.17, 15) is 0 Å².